The summed E-state index contributed by atoms with van der Waals surface area (Å²) < 4.78 is 34.1. The van der Waals surface area contributed by atoms with Crippen molar-refractivity contribution in [2.45, 2.75) is 75.0 Å². The maximum atomic E-state index is 13.0. The van der Waals surface area contributed by atoms with E-state index in [4.69, 9.17) is 28.1 Å². The second kappa shape index (κ2) is 15.3. The predicted octanol–water partition coefficient (Wildman–Crippen LogP) is 1.78. The molecule has 7 N–H and O–H groups in total. The van der Waals surface area contributed by atoms with Crippen molar-refractivity contribution in [1.29, 1.82) is 0 Å². The van der Waals surface area contributed by atoms with E-state index in [-0.39, 0.29) is 30.5 Å². The number of amides is 1. The third-order valence-corrected chi connectivity index (χ3v) is 9.59. The van der Waals surface area contributed by atoms with Gasteiger partial charge in [-0.2, -0.15) is 0 Å². The van der Waals surface area contributed by atoms with Crippen LogP contribution in [0.3, 0.4) is 0 Å². The SMILES string of the molecule is CC(=Cc1ccc(O[C@@H]2O[C@H](C(C)=CCOc3ccccc3-c3nc4ccccc4o3)[C@@H](O)[C@@H]2O)c(O)c1)C(=O)N[C@@H]1[C@H](O)[C@@H](O)[C@H]2OCO[C@H]2[C@@H]1O. The molecule has 4 aromatic rings. The Labute approximate surface area is 303 Å². The third kappa shape index (κ3) is 7.38. The van der Waals surface area contributed by atoms with Crippen molar-refractivity contribution in [2.24, 2.45) is 0 Å². The highest BCUT2D eigenvalue weighted by Gasteiger charge is 2.53. The van der Waals surface area contributed by atoms with Crippen LogP contribution in [0, 0.1) is 0 Å². The number of para-hydroxylation sites is 3. The maximum absolute atomic E-state index is 13.0. The highest BCUT2D eigenvalue weighted by Crippen LogP contribution is 2.35. The van der Waals surface area contributed by atoms with Crippen LogP contribution < -0.4 is 14.8 Å². The van der Waals surface area contributed by atoms with Crippen LogP contribution >= 0.6 is 0 Å². The van der Waals surface area contributed by atoms with E-state index in [0.717, 1.165) is 5.52 Å². The molecule has 1 aliphatic carbocycles. The van der Waals surface area contributed by atoms with Crippen LogP contribution in [0.2, 0.25) is 0 Å². The Bertz CT molecular complexity index is 1980. The van der Waals surface area contributed by atoms with Gasteiger partial charge in [0.1, 0.15) is 73.5 Å². The molecule has 0 bridgehead atoms. The van der Waals surface area contributed by atoms with E-state index in [1.165, 1.54) is 25.1 Å². The highest BCUT2D eigenvalue weighted by atomic mass is 16.7. The Morgan fingerprint density at radius 1 is 0.887 bits per heavy atom. The van der Waals surface area contributed by atoms with E-state index in [2.05, 4.69) is 10.3 Å². The van der Waals surface area contributed by atoms with E-state index in [1.54, 1.807) is 25.1 Å². The number of carbonyl (C=O) groups excluding carboxylic acids is 1. The fraction of sp³-hybridized carbons (Fsp3) is 0.368. The molecule has 1 aromatic heterocycles. The molecule has 7 rings (SSSR count). The molecule has 0 spiro atoms. The molecule has 3 fully saturated rings. The monoisotopic (exact) mass is 732 g/mol. The number of phenols is 1. The third-order valence-electron chi connectivity index (χ3n) is 9.59. The predicted molar refractivity (Wildman–Crippen MR) is 186 cm³/mol. The zero-order valence-electron chi connectivity index (χ0n) is 28.7. The number of ether oxygens (including phenoxy) is 5. The number of hydrogen-bond donors (Lipinski definition) is 7. The minimum Gasteiger partial charge on any atom is -0.504 e. The van der Waals surface area contributed by atoms with Crippen LogP contribution in [0.5, 0.6) is 17.2 Å². The van der Waals surface area contributed by atoms with Gasteiger partial charge < -0.3 is 64.1 Å². The van der Waals surface area contributed by atoms with E-state index >= 15 is 0 Å². The van der Waals surface area contributed by atoms with Gasteiger partial charge in [-0.1, -0.05) is 30.3 Å². The van der Waals surface area contributed by atoms with Crippen LogP contribution in [0.15, 0.2) is 88.4 Å². The van der Waals surface area contributed by atoms with Crippen molar-refractivity contribution in [3.05, 3.63) is 89.5 Å². The van der Waals surface area contributed by atoms with E-state index in [0.29, 0.717) is 33.9 Å². The summed E-state index contributed by atoms with van der Waals surface area (Å²) in [6, 6.07) is 17.8. The number of carbonyl (C=O) groups is 1. The molecule has 15 heteroatoms. The van der Waals surface area contributed by atoms with Crippen LogP contribution in [-0.4, -0.2) is 116 Å². The fourth-order valence-electron chi connectivity index (χ4n) is 6.64. The van der Waals surface area contributed by atoms with Crippen molar-refractivity contribution in [2.75, 3.05) is 13.4 Å². The summed E-state index contributed by atoms with van der Waals surface area (Å²) in [7, 11) is 0. The molecule has 53 heavy (non-hydrogen) atoms. The summed E-state index contributed by atoms with van der Waals surface area (Å²) in [4.78, 5) is 17.5. The normalized spacial score (nSPS) is 30.3. The number of phenolic OH excluding ortho intramolecular Hbond substituents is 1. The fourth-order valence-corrected chi connectivity index (χ4v) is 6.64. The molecule has 10 atom stereocenters. The molecule has 3 aliphatic rings. The molecule has 3 aromatic carbocycles. The van der Waals surface area contributed by atoms with Crippen molar-refractivity contribution in [1.82, 2.24) is 10.3 Å². The molecule has 1 amide bonds. The minimum atomic E-state index is -1.50. The van der Waals surface area contributed by atoms with Gasteiger partial charge in [-0.15, -0.1) is 0 Å². The summed E-state index contributed by atoms with van der Waals surface area (Å²) >= 11 is 0. The minimum absolute atomic E-state index is 0.0438. The van der Waals surface area contributed by atoms with Gasteiger partial charge in [-0.3, -0.25) is 4.79 Å². The first-order chi connectivity index (χ1) is 25.5. The van der Waals surface area contributed by atoms with Crippen LogP contribution in [0.25, 0.3) is 28.6 Å². The molecular weight excluding hydrogens is 692 g/mol. The molecule has 280 valence electrons. The lowest BCUT2D eigenvalue weighted by molar-refractivity contribution is -0.155. The lowest BCUT2D eigenvalue weighted by atomic mass is 9.83. The molecule has 2 saturated heterocycles. The van der Waals surface area contributed by atoms with Crippen molar-refractivity contribution < 1.29 is 63.5 Å². The Kier molecular flexibility index (Phi) is 10.5. The summed E-state index contributed by atoms with van der Waals surface area (Å²) in [5, 5.41) is 66.3. The number of benzene rings is 3. The van der Waals surface area contributed by atoms with Gasteiger partial charge in [-0.25, -0.2) is 4.98 Å². The topological polar surface area (TPSA) is 223 Å². The Hall–Kier alpha value is -4.84. The average Bonchev–Trinajstić information content (AvgIpc) is 3.89. The molecule has 2 aliphatic heterocycles. The van der Waals surface area contributed by atoms with Gasteiger partial charge in [0.05, 0.1) is 11.6 Å². The van der Waals surface area contributed by atoms with Crippen molar-refractivity contribution in [3.63, 3.8) is 0 Å². The van der Waals surface area contributed by atoms with E-state index < -0.39 is 67.1 Å². The number of rotatable bonds is 10. The zero-order valence-corrected chi connectivity index (χ0v) is 28.7. The first-order valence-electron chi connectivity index (χ1n) is 17.0. The van der Waals surface area contributed by atoms with Crippen LogP contribution in [-0.2, 0) is 19.0 Å². The number of aliphatic hydroxyl groups is 5. The number of aromatic nitrogens is 1. The summed E-state index contributed by atoms with van der Waals surface area (Å²) in [5.74, 6) is -0.0562. The maximum Gasteiger partial charge on any atom is 0.247 e. The number of oxazole rings is 1. The Morgan fingerprint density at radius 2 is 1.62 bits per heavy atom. The van der Waals surface area contributed by atoms with Gasteiger partial charge in [-0.05, 0) is 73.5 Å². The number of fused-ring (bicyclic) bond motifs is 2. The number of nitrogens with one attached hydrogen (secondary N) is 1. The van der Waals surface area contributed by atoms with Crippen LogP contribution in [0.4, 0.5) is 0 Å². The number of hydrogen-bond acceptors (Lipinski definition) is 14. The second-order valence-electron chi connectivity index (χ2n) is 13.2. The highest BCUT2D eigenvalue weighted by molar-refractivity contribution is 5.97. The Balaban J connectivity index is 0.956. The first-order valence-corrected chi connectivity index (χ1v) is 17.0. The lowest BCUT2D eigenvalue weighted by Gasteiger charge is -2.41. The molecule has 0 unspecified atom stereocenters. The molecule has 1 saturated carbocycles. The lowest BCUT2D eigenvalue weighted by Crippen LogP contribution is -2.67. The van der Waals surface area contributed by atoms with Gasteiger partial charge in [0.15, 0.2) is 17.1 Å². The van der Waals surface area contributed by atoms with Crippen molar-refractivity contribution in [3.8, 4) is 28.7 Å². The second-order valence-corrected chi connectivity index (χ2v) is 13.2. The molecule has 3 heterocycles. The van der Waals surface area contributed by atoms with Crippen molar-refractivity contribution >= 4 is 23.1 Å². The number of aliphatic hydroxyl groups excluding tert-OH is 5. The van der Waals surface area contributed by atoms with Gasteiger partial charge >= 0.3 is 0 Å². The van der Waals surface area contributed by atoms with E-state index in [9.17, 15) is 35.4 Å². The first kappa shape index (κ1) is 36.5. The summed E-state index contributed by atoms with van der Waals surface area (Å²) in [5.41, 5.74) is 3.20. The quantitative estimate of drug-likeness (QED) is 0.0913. The standard InChI is InChI=1S/C38H40N2O13/c1-18(13-14-48-24-9-5-3-7-21(24)37-39-22-8-4-6-10-25(22)51-37)33-31(45)32(46)38(53-33)52-26-12-11-20(16-23(26)41)15-19(2)36(47)40-27-28(42)30(44)35-34(29(27)43)49-17-50-35/h3-13,15-16,27-35,38,41-46H,14,17H2,1-2H3,(H,40,47)/t27-,28+,29-,30-,31+,32+,33-,34+,35-,38-/m1/s1. The van der Waals surface area contributed by atoms with Gasteiger partial charge in [0.25, 0.3) is 0 Å². The summed E-state index contributed by atoms with van der Waals surface area (Å²) in [6.07, 6.45) is -7.91. The molecule has 15 nitrogen and oxygen atoms in total. The molecule has 0 radical (unpaired) electrons. The Morgan fingerprint density at radius 3 is 2.40 bits per heavy atom. The number of nitrogens with zero attached hydrogens (tertiary/aromatic N) is 1. The van der Waals surface area contributed by atoms with Gasteiger partial charge in [0.2, 0.25) is 18.1 Å². The summed E-state index contributed by atoms with van der Waals surface area (Å²) in [6.45, 7) is 3.17. The van der Waals surface area contributed by atoms with E-state index in [1.807, 2.05) is 42.5 Å². The van der Waals surface area contributed by atoms with Crippen LogP contribution in [0.1, 0.15) is 19.4 Å². The zero-order chi connectivity index (χ0) is 37.4. The van der Waals surface area contributed by atoms with Gasteiger partial charge in [0, 0.05) is 5.57 Å². The average molecular weight is 733 g/mol. The number of aromatic hydroxyl groups is 1. The smallest absolute Gasteiger partial charge is 0.247 e. The molecular formula is C38H40N2O13. The largest absolute Gasteiger partial charge is 0.504 e.